The molecule has 1 heterocycles. The van der Waals surface area contributed by atoms with Crippen molar-refractivity contribution < 1.29 is 0 Å². The molecule has 0 bridgehead atoms. The standard InChI is InChI=1S/C17H31N3S/c1-6-18-15(12-16-19-13(2)14(3)21-16)17(20(4)5)10-8-7-9-11-17/h15,18H,6-12H2,1-5H3. The monoisotopic (exact) mass is 309 g/mol. The fraction of sp³-hybridized carbons (Fsp3) is 0.824. The van der Waals surface area contributed by atoms with Gasteiger partial charge in [0, 0.05) is 22.9 Å². The second kappa shape index (κ2) is 7.21. The Morgan fingerprint density at radius 1 is 1.24 bits per heavy atom. The van der Waals surface area contributed by atoms with E-state index in [1.807, 2.05) is 11.3 Å². The molecule has 2 rings (SSSR count). The summed E-state index contributed by atoms with van der Waals surface area (Å²) < 4.78 is 0. The molecule has 0 aromatic carbocycles. The molecule has 0 radical (unpaired) electrons. The minimum absolute atomic E-state index is 0.293. The van der Waals surface area contributed by atoms with Gasteiger partial charge in [0.05, 0.1) is 10.7 Å². The van der Waals surface area contributed by atoms with Crippen LogP contribution in [0.4, 0.5) is 0 Å². The van der Waals surface area contributed by atoms with Gasteiger partial charge in [-0.1, -0.05) is 26.2 Å². The molecule has 0 saturated heterocycles. The van der Waals surface area contributed by atoms with Gasteiger partial charge in [0.25, 0.3) is 0 Å². The van der Waals surface area contributed by atoms with Crippen LogP contribution in [0.15, 0.2) is 0 Å². The SMILES string of the molecule is CCNC(Cc1nc(C)c(C)s1)C1(N(C)C)CCCCC1. The van der Waals surface area contributed by atoms with Crippen molar-refractivity contribution in [1.82, 2.24) is 15.2 Å². The molecule has 1 aliphatic rings. The smallest absolute Gasteiger partial charge is 0.0947 e. The van der Waals surface area contributed by atoms with Gasteiger partial charge in [-0.2, -0.15) is 0 Å². The van der Waals surface area contributed by atoms with Crippen molar-refractivity contribution in [3.05, 3.63) is 15.6 Å². The van der Waals surface area contributed by atoms with Gasteiger partial charge in [0.15, 0.2) is 0 Å². The highest BCUT2D eigenvalue weighted by Gasteiger charge is 2.41. The summed E-state index contributed by atoms with van der Waals surface area (Å²) in [6.45, 7) is 7.56. The lowest BCUT2D eigenvalue weighted by molar-refractivity contribution is 0.0574. The molecule has 0 amide bonds. The van der Waals surface area contributed by atoms with Crippen LogP contribution >= 0.6 is 11.3 Å². The van der Waals surface area contributed by atoms with E-state index < -0.39 is 0 Å². The Morgan fingerprint density at radius 3 is 2.38 bits per heavy atom. The van der Waals surface area contributed by atoms with Crippen molar-refractivity contribution in [2.45, 2.75) is 70.9 Å². The first kappa shape index (κ1) is 16.9. The zero-order valence-electron chi connectivity index (χ0n) is 14.3. The fourth-order valence-electron chi connectivity index (χ4n) is 3.77. The maximum Gasteiger partial charge on any atom is 0.0947 e. The number of hydrogen-bond donors (Lipinski definition) is 1. The van der Waals surface area contributed by atoms with E-state index >= 15 is 0 Å². The van der Waals surface area contributed by atoms with E-state index in [9.17, 15) is 0 Å². The number of likely N-dealkylation sites (N-methyl/N-ethyl adjacent to an activating group) is 2. The van der Waals surface area contributed by atoms with Gasteiger partial charge in [-0.05, 0) is 47.3 Å². The van der Waals surface area contributed by atoms with Crippen LogP contribution < -0.4 is 5.32 Å². The number of nitrogens with one attached hydrogen (secondary N) is 1. The number of thiazole rings is 1. The average Bonchev–Trinajstić information content (AvgIpc) is 2.77. The van der Waals surface area contributed by atoms with Gasteiger partial charge in [0.2, 0.25) is 0 Å². The van der Waals surface area contributed by atoms with E-state index in [1.165, 1.54) is 47.7 Å². The molecule has 1 N–H and O–H groups in total. The van der Waals surface area contributed by atoms with Crippen LogP contribution in [0.25, 0.3) is 0 Å². The zero-order valence-corrected chi connectivity index (χ0v) is 15.1. The van der Waals surface area contributed by atoms with Crippen LogP contribution in [-0.4, -0.2) is 42.1 Å². The highest BCUT2D eigenvalue weighted by Crippen LogP contribution is 2.36. The normalized spacial score (nSPS) is 19.9. The maximum absolute atomic E-state index is 4.78. The topological polar surface area (TPSA) is 28.2 Å². The Balaban J connectivity index is 2.22. The maximum atomic E-state index is 4.78. The highest BCUT2D eigenvalue weighted by atomic mass is 32.1. The van der Waals surface area contributed by atoms with Crippen molar-refractivity contribution in [2.75, 3.05) is 20.6 Å². The molecule has 1 unspecified atom stereocenters. The Hall–Kier alpha value is -0.450. The van der Waals surface area contributed by atoms with Crippen LogP contribution in [0, 0.1) is 13.8 Å². The fourth-order valence-corrected chi connectivity index (χ4v) is 4.75. The van der Waals surface area contributed by atoms with E-state index in [0.29, 0.717) is 11.6 Å². The predicted octanol–water partition coefficient (Wildman–Crippen LogP) is 3.55. The molecule has 21 heavy (non-hydrogen) atoms. The Morgan fingerprint density at radius 2 is 1.90 bits per heavy atom. The molecule has 1 atom stereocenters. The van der Waals surface area contributed by atoms with Crippen LogP contribution in [0.5, 0.6) is 0 Å². The molecular weight excluding hydrogens is 278 g/mol. The zero-order chi connectivity index (χ0) is 15.5. The summed E-state index contributed by atoms with van der Waals surface area (Å²) in [6.07, 6.45) is 7.78. The van der Waals surface area contributed by atoms with Crippen molar-refractivity contribution in [2.24, 2.45) is 0 Å². The second-order valence-corrected chi connectivity index (χ2v) is 7.91. The first-order valence-electron chi connectivity index (χ1n) is 8.33. The molecule has 1 aromatic rings. The van der Waals surface area contributed by atoms with Crippen molar-refractivity contribution in [3.8, 4) is 0 Å². The van der Waals surface area contributed by atoms with E-state index in [0.717, 1.165) is 13.0 Å². The number of aryl methyl sites for hydroxylation is 2. The molecule has 1 aliphatic carbocycles. The summed E-state index contributed by atoms with van der Waals surface area (Å²) in [5, 5.41) is 5.07. The summed E-state index contributed by atoms with van der Waals surface area (Å²) in [5.41, 5.74) is 1.50. The lowest BCUT2D eigenvalue weighted by Crippen LogP contribution is -2.60. The third-order valence-electron chi connectivity index (χ3n) is 5.16. The minimum Gasteiger partial charge on any atom is -0.312 e. The molecule has 4 heteroatoms. The summed E-state index contributed by atoms with van der Waals surface area (Å²) >= 11 is 1.87. The second-order valence-electron chi connectivity index (χ2n) is 6.62. The van der Waals surface area contributed by atoms with Gasteiger partial charge >= 0.3 is 0 Å². The summed E-state index contributed by atoms with van der Waals surface area (Å²) in [5.74, 6) is 0. The Bertz CT molecular complexity index is 427. The van der Waals surface area contributed by atoms with Gasteiger partial charge < -0.3 is 10.2 Å². The summed E-state index contributed by atoms with van der Waals surface area (Å²) in [7, 11) is 4.52. The average molecular weight is 310 g/mol. The lowest BCUT2D eigenvalue weighted by Gasteiger charge is -2.48. The summed E-state index contributed by atoms with van der Waals surface area (Å²) in [6, 6.07) is 0.503. The summed E-state index contributed by atoms with van der Waals surface area (Å²) in [4.78, 5) is 8.62. The van der Waals surface area contributed by atoms with Crippen LogP contribution in [0.2, 0.25) is 0 Å². The van der Waals surface area contributed by atoms with E-state index in [1.54, 1.807) is 0 Å². The van der Waals surface area contributed by atoms with E-state index in [-0.39, 0.29) is 0 Å². The van der Waals surface area contributed by atoms with E-state index in [4.69, 9.17) is 4.98 Å². The van der Waals surface area contributed by atoms with E-state index in [2.05, 4.69) is 45.1 Å². The number of rotatable bonds is 6. The van der Waals surface area contributed by atoms with Gasteiger partial charge in [-0.3, -0.25) is 0 Å². The molecule has 1 aromatic heterocycles. The van der Waals surface area contributed by atoms with Crippen molar-refractivity contribution >= 4 is 11.3 Å². The third kappa shape index (κ3) is 3.66. The van der Waals surface area contributed by atoms with Gasteiger partial charge in [-0.25, -0.2) is 4.98 Å². The molecule has 1 saturated carbocycles. The number of hydrogen-bond acceptors (Lipinski definition) is 4. The molecule has 0 spiro atoms. The number of aromatic nitrogens is 1. The predicted molar refractivity (Wildman–Crippen MR) is 92.3 cm³/mol. The first-order valence-corrected chi connectivity index (χ1v) is 9.15. The van der Waals surface area contributed by atoms with Crippen LogP contribution in [0.1, 0.15) is 54.6 Å². The molecule has 0 aliphatic heterocycles. The molecule has 1 fully saturated rings. The largest absolute Gasteiger partial charge is 0.312 e. The Kier molecular flexibility index (Phi) is 5.81. The Labute approximate surface area is 134 Å². The lowest BCUT2D eigenvalue weighted by atomic mass is 9.74. The van der Waals surface area contributed by atoms with Crippen LogP contribution in [-0.2, 0) is 6.42 Å². The quantitative estimate of drug-likeness (QED) is 0.871. The first-order chi connectivity index (χ1) is 9.99. The van der Waals surface area contributed by atoms with Crippen LogP contribution in [0.3, 0.4) is 0 Å². The van der Waals surface area contributed by atoms with Gasteiger partial charge in [0.1, 0.15) is 0 Å². The van der Waals surface area contributed by atoms with Crippen molar-refractivity contribution in [1.29, 1.82) is 0 Å². The molecular formula is C17H31N3S. The molecule has 120 valence electrons. The number of nitrogens with zero attached hydrogens (tertiary/aromatic N) is 2. The van der Waals surface area contributed by atoms with Crippen molar-refractivity contribution in [3.63, 3.8) is 0 Å². The van der Waals surface area contributed by atoms with Gasteiger partial charge in [-0.15, -0.1) is 11.3 Å². The highest BCUT2D eigenvalue weighted by molar-refractivity contribution is 7.11. The third-order valence-corrected chi connectivity index (χ3v) is 6.26. The molecule has 3 nitrogen and oxygen atoms in total. The minimum atomic E-state index is 0.293.